The molecule has 0 amide bonds. The summed E-state index contributed by atoms with van der Waals surface area (Å²) in [5, 5.41) is 10.2. The van der Waals surface area contributed by atoms with E-state index in [1.807, 2.05) is 49.2 Å². The van der Waals surface area contributed by atoms with Gasteiger partial charge in [-0.05, 0) is 18.2 Å². The van der Waals surface area contributed by atoms with Gasteiger partial charge >= 0.3 is 0 Å². The molecule has 0 aromatic carbocycles. The summed E-state index contributed by atoms with van der Waals surface area (Å²) in [4.78, 5) is 13.6. The third-order valence-corrected chi connectivity index (χ3v) is 4.46. The molecule has 4 aromatic rings. The van der Waals surface area contributed by atoms with E-state index in [9.17, 15) is 0 Å². The van der Waals surface area contributed by atoms with Gasteiger partial charge in [-0.15, -0.1) is 11.3 Å². The molecule has 126 valence electrons. The number of aryl methyl sites for hydroxylation is 1. The Morgan fingerprint density at radius 3 is 2.88 bits per heavy atom. The molecule has 25 heavy (non-hydrogen) atoms. The molecule has 1 N–H and O–H groups in total. The van der Waals surface area contributed by atoms with Gasteiger partial charge in [0.05, 0.1) is 29.5 Å². The zero-order valence-corrected chi connectivity index (χ0v) is 14.6. The highest BCUT2D eigenvalue weighted by Gasteiger charge is 2.07. The van der Waals surface area contributed by atoms with Crippen LogP contribution in [-0.4, -0.2) is 31.8 Å². The smallest absolute Gasteiger partial charge is 0.188 e. The Hall–Kier alpha value is -2.84. The SMILES string of the molecule is COCc1csc(Nc2ccc3ncc(-c4cnn(C)c4)cc3n2)n1. The topological polar surface area (TPSA) is 77.8 Å². The molecule has 0 aliphatic carbocycles. The Morgan fingerprint density at radius 1 is 1.16 bits per heavy atom. The second-order valence-electron chi connectivity index (χ2n) is 5.56. The van der Waals surface area contributed by atoms with Crippen LogP contribution in [0.3, 0.4) is 0 Å². The molecule has 8 heteroatoms. The van der Waals surface area contributed by atoms with Crippen LogP contribution < -0.4 is 5.32 Å². The predicted molar refractivity (Wildman–Crippen MR) is 97.8 cm³/mol. The van der Waals surface area contributed by atoms with Crippen molar-refractivity contribution in [1.82, 2.24) is 24.7 Å². The molecule has 7 nitrogen and oxygen atoms in total. The number of rotatable bonds is 5. The summed E-state index contributed by atoms with van der Waals surface area (Å²) < 4.78 is 6.86. The van der Waals surface area contributed by atoms with Crippen molar-refractivity contribution in [2.75, 3.05) is 12.4 Å². The third-order valence-electron chi connectivity index (χ3n) is 3.65. The van der Waals surface area contributed by atoms with Crippen LogP contribution in [0.1, 0.15) is 5.69 Å². The molecule has 0 unspecified atom stereocenters. The molecule has 4 aromatic heterocycles. The second-order valence-corrected chi connectivity index (χ2v) is 6.42. The molecule has 0 atom stereocenters. The van der Waals surface area contributed by atoms with Crippen molar-refractivity contribution >= 4 is 33.3 Å². The van der Waals surface area contributed by atoms with Crippen molar-refractivity contribution in [1.29, 1.82) is 0 Å². The van der Waals surface area contributed by atoms with Crippen LogP contribution in [0.2, 0.25) is 0 Å². The average molecular weight is 352 g/mol. The first kappa shape index (κ1) is 15.7. The lowest BCUT2D eigenvalue weighted by molar-refractivity contribution is 0.182. The van der Waals surface area contributed by atoms with E-state index in [2.05, 4.69) is 25.4 Å². The molecule has 0 saturated carbocycles. The number of hydrogen-bond donors (Lipinski definition) is 1. The number of thiazole rings is 1. The summed E-state index contributed by atoms with van der Waals surface area (Å²) in [6.45, 7) is 0.502. The van der Waals surface area contributed by atoms with E-state index < -0.39 is 0 Å². The Morgan fingerprint density at radius 2 is 2.08 bits per heavy atom. The molecule has 0 radical (unpaired) electrons. The summed E-state index contributed by atoms with van der Waals surface area (Å²) in [7, 11) is 3.55. The molecule has 4 heterocycles. The van der Waals surface area contributed by atoms with Gasteiger partial charge in [0.1, 0.15) is 5.82 Å². The van der Waals surface area contributed by atoms with Crippen molar-refractivity contribution in [2.45, 2.75) is 6.61 Å². The van der Waals surface area contributed by atoms with E-state index in [4.69, 9.17) is 4.74 Å². The van der Waals surface area contributed by atoms with E-state index in [1.54, 1.807) is 11.8 Å². The van der Waals surface area contributed by atoms with Gasteiger partial charge in [-0.25, -0.2) is 9.97 Å². The predicted octanol–water partition coefficient (Wildman–Crippen LogP) is 3.38. The minimum Gasteiger partial charge on any atom is -0.378 e. The molecule has 4 rings (SSSR count). The summed E-state index contributed by atoms with van der Waals surface area (Å²) in [6.07, 6.45) is 5.61. The Kier molecular flexibility index (Phi) is 4.12. The fourth-order valence-electron chi connectivity index (χ4n) is 2.49. The molecular weight excluding hydrogens is 336 g/mol. The van der Waals surface area contributed by atoms with Crippen molar-refractivity contribution in [2.24, 2.45) is 7.05 Å². The number of pyridine rings is 2. The average Bonchev–Trinajstić information content (AvgIpc) is 3.24. The maximum absolute atomic E-state index is 5.09. The standard InChI is InChI=1S/C17H16N6OS/c1-23-8-12(7-19-23)11-5-15-14(18-6-11)3-4-16(21-15)22-17-20-13(9-24-2)10-25-17/h3-8,10H,9H2,1-2H3,(H,20,21,22). The van der Waals surface area contributed by atoms with Crippen molar-refractivity contribution in [3.63, 3.8) is 0 Å². The lowest BCUT2D eigenvalue weighted by Crippen LogP contribution is -1.95. The van der Waals surface area contributed by atoms with Crippen LogP contribution >= 0.6 is 11.3 Å². The van der Waals surface area contributed by atoms with Crippen molar-refractivity contribution in [3.05, 3.63) is 47.9 Å². The molecule has 0 spiro atoms. The lowest BCUT2D eigenvalue weighted by Gasteiger charge is -2.05. The maximum atomic E-state index is 5.09. The Labute approximate surface area is 148 Å². The van der Waals surface area contributed by atoms with Crippen LogP contribution in [0.4, 0.5) is 10.9 Å². The van der Waals surface area contributed by atoms with Gasteiger partial charge in [-0.1, -0.05) is 0 Å². The maximum Gasteiger partial charge on any atom is 0.188 e. The summed E-state index contributed by atoms with van der Waals surface area (Å²) in [5.41, 5.74) is 4.57. The van der Waals surface area contributed by atoms with Crippen molar-refractivity contribution < 1.29 is 4.74 Å². The summed E-state index contributed by atoms with van der Waals surface area (Å²) >= 11 is 1.52. The minimum absolute atomic E-state index is 0.502. The second kappa shape index (κ2) is 6.58. The largest absolute Gasteiger partial charge is 0.378 e. The minimum atomic E-state index is 0.502. The van der Waals surface area contributed by atoms with Crippen LogP contribution in [-0.2, 0) is 18.4 Å². The van der Waals surface area contributed by atoms with E-state index in [0.29, 0.717) is 6.61 Å². The normalized spacial score (nSPS) is 11.1. The first-order chi connectivity index (χ1) is 12.2. The first-order valence-corrected chi connectivity index (χ1v) is 8.55. The molecule has 0 aliphatic rings. The van der Waals surface area contributed by atoms with Crippen molar-refractivity contribution in [3.8, 4) is 11.1 Å². The van der Waals surface area contributed by atoms with Crippen LogP contribution in [0.15, 0.2) is 42.2 Å². The Balaban J connectivity index is 1.63. The van der Waals surface area contributed by atoms with Gasteiger partial charge in [0.25, 0.3) is 0 Å². The third kappa shape index (κ3) is 3.35. The zero-order valence-electron chi connectivity index (χ0n) is 13.8. The van der Waals surface area contributed by atoms with Gasteiger partial charge in [0.2, 0.25) is 0 Å². The summed E-state index contributed by atoms with van der Waals surface area (Å²) in [5.74, 6) is 0.732. The van der Waals surface area contributed by atoms with E-state index in [1.165, 1.54) is 11.3 Å². The monoisotopic (exact) mass is 352 g/mol. The fraction of sp³-hybridized carbons (Fsp3) is 0.176. The number of nitrogens with zero attached hydrogens (tertiary/aromatic N) is 5. The fourth-order valence-corrected chi connectivity index (χ4v) is 3.19. The van der Waals surface area contributed by atoms with Crippen LogP contribution in [0.25, 0.3) is 22.2 Å². The molecular formula is C17H16N6OS. The molecule has 0 saturated heterocycles. The quantitative estimate of drug-likeness (QED) is 0.593. The van der Waals surface area contributed by atoms with Gasteiger partial charge in [0.15, 0.2) is 5.13 Å². The molecule has 0 aliphatic heterocycles. The van der Waals surface area contributed by atoms with E-state index in [0.717, 1.165) is 38.8 Å². The highest BCUT2D eigenvalue weighted by molar-refractivity contribution is 7.13. The summed E-state index contributed by atoms with van der Waals surface area (Å²) in [6, 6.07) is 5.86. The number of fused-ring (bicyclic) bond motifs is 1. The number of nitrogens with one attached hydrogen (secondary N) is 1. The highest BCUT2D eigenvalue weighted by Crippen LogP contribution is 2.24. The van der Waals surface area contributed by atoms with Crippen LogP contribution in [0.5, 0.6) is 0 Å². The molecule has 0 bridgehead atoms. The number of methoxy groups -OCH3 is 1. The number of aromatic nitrogens is 5. The van der Waals surface area contributed by atoms with E-state index in [-0.39, 0.29) is 0 Å². The number of ether oxygens (including phenoxy) is 1. The first-order valence-electron chi connectivity index (χ1n) is 7.67. The van der Waals surface area contributed by atoms with Gasteiger partial charge < -0.3 is 10.1 Å². The van der Waals surface area contributed by atoms with Gasteiger partial charge in [-0.2, -0.15) is 5.10 Å². The number of hydrogen-bond acceptors (Lipinski definition) is 7. The Bertz CT molecular complexity index is 1020. The molecule has 0 fully saturated rings. The number of anilines is 2. The highest BCUT2D eigenvalue weighted by atomic mass is 32.1. The lowest BCUT2D eigenvalue weighted by atomic mass is 10.1. The van der Waals surface area contributed by atoms with Crippen LogP contribution in [0, 0.1) is 0 Å². The van der Waals surface area contributed by atoms with Gasteiger partial charge in [0, 0.05) is 43.1 Å². The van der Waals surface area contributed by atoms with Gasteiger partial charge in [-0.3, -0.25) is 9.67 Å². The van der Waals surface area contributed by atoms with E-state index >= 15 is 0 Å². The zero-order chi connectivity index (χ0) is 17.2.